The van der Waals surface area contributed by atoms with Crippen LogP contribution in [0, 0.1) is 6.92 Å². The molecule has 0 radical (unpaired) electrons. The molecular formula is C21H22N2. The van der Waals surface area contributed by atoms with Gasteiger partial charge in [0.05, 0.1) is 12.4 Å². The van der Waals surface area contributed by atoms with Gasteiger partial charge >= 0.3 is 0 Å². The highest BCUT2D eigenvalue weighted by Gasteiger charge is 2.30. The number of hydrogen-bond acceptors (Lipinski definition) is 1. The average Bonchev–Trinajstić information content (AvgIpc) is 3.11. The van der Waals surface area contributed by atoms with Crippen molar-refractivity contribution in [3.63, 3.8) is 0 Å². The predicted molar refractivity (Wildman–Crippen MR) is 93.7 cm³/mol. The largest absolute Gasteiger partial charge is 0.329 e. The number of fused-ring (bicyclic) bond motifs is 1. The van der Waals surface area contributed by atoms with Crippen molar-refractivity contribution >= 4 is 0 Å². The second-order valence-corrected chi connectivity index (χ2v) is 6.51. The lowest BCUT2D eigenvalue weighted by Crippen LogP contribution is -2.23. The van der Waals surface area contributed by atoms with Gasteiger partial charge in [-0.1, -0.05) is 48.5 Å². The van der Waals surface area contributed by atoms with Crippen molar-refractivity contribution in [2.24, 2.45) is 0 Å². The Kier molecular flexibility index (Phi) is 3.74. The molecule has 0 spiro atoms. The van der Waals surface area contributed by atoms with Crippen LogP contribution in [0.1, 0.15) is 47.1 Å². The molecule has 0 amide bonds. The summed E-state index contributed by atoms with van der Waals surface area (Å²) in [5.41, 5.74) is 5.89. The van der Waals surface area contributed by atoms with Gasteiger partial charge in [-0.2, -0.15) is 0 Å². The van der Waals surface area contributed by atoms with E-state index in [4.69, 9.17) is 0 Å². The van der Waals surface area contributed by atoms with Crippen LogP contribution >= 0.6 is 0 Å². The molecule has 2 nitrogen and oxygen atoms in total. The first kappa shape index (κ1) is 14.3. The monoisotopic (exact) mass is 302 g/mol. The summed E-state index contributed by atoms with van der Waals surface area (Å²) in [6.45, 7) is 2.25. The Morgan fingerprint density at radius 2 is 1.96 bits per heavy atom. The van der Waals surface area contributed by atoms with Gasteiger partial charge in [0.25, 0.3) is 0 Å². The van der Waals surface area contributed by atoms with Crippen molar-refractivity contribution in [1.29, 1.82) is 0 Å². The summed E-state index contributed by atoms with van der Waals surface area (Å²) < 4.78 is 2.28. The van der Waals surface area contributed by atoms with Crippen molar-refractivity contribution in [2.45, 2.75) is 38.1 Å². The fourth-order valence-electron chi connectivity index (χ4n) is 4.09. The van der Waals surface area contributed by atoms with E-state index >= 15 is 0 Å². The lowest BCUT2D eigenvalue weighted by molar-refractivity contribution is 0.419. The molecule has 4 rings (SSSR count). The van der Waals surface area contributed by atoms with Gasteiger partial charge in [-0.15, -0.1) is 0 Å². The van der Waals surface area contributed by atoms with E-state index in [1.54, 1.807) is 5.56 Å². The number of rotatable bonds is 3. The van der Waals surface area contributed by atoms with Crippen molar-refractivity contribution < 1.29 is 0 Å². The summed E-state index contributed by atoms with van der Waals surface area (Å²) >= 11 is 0. The van der Waals surface area contributed by atoms with Crippen LogP contribution in [-0.4, -0.2) is 9.55 Å². The number of aryl methyl sites for hydroxylation is 1. The van der Waals surface area contributed by atoms with Gasteiger partial charge in [-0.05, 0) is 48.4 Å². The molecule has 0 aliphatic heterocycles. The molecule has 0 bridgehead atoms. The molecule has 0 saturated heterocycles. The third-order valence-electron chi connectivity index (χ3n) is 5.16. The SMILES string of the molecule is Cc1cccc2c1CCCC2C(c1ccccc1)n1ccnc1. The van der Waals surface area contributed by atoms with E-state index in [1.807, 2.05) is 12.5 Å². The summed E-state index contributed by atoms with van der Waals surface area (Å²) in [6.07, 6.45) is 9.65. The van der Waals surface area contributed by atoms with Gasteiger partial charge in [0, 0.05) is 18.3 Å². The lowest BCUT2D eigenvalue weighted by atomic mass is 9.75. The van der Waals surface area contributed by atoms with E-state index in [2.05, 4.69) is 71.2 Å². The maximum absolute atomic E-state index is 4.30. The minimum atomic E-state index is 0.319. The molecule has 1 aliphatic rings. The van der Waals surface area contributed by atoms with E-state index in [0.717, 1.165) is 0 Å². The molecule has 2 heteroatoms. The minimum absolute atomic E-state index is 0.319. The zero-order chi connectivity index (χ0) is 15.6. The standard InChI is InChI=1S/C21H22N2/c1-16-7-5-11-19-18(16)10-6-12-20(19)21(23-14-13-22-15-23)17-8-3-2-4-9-17/h2-5,7-9,11,13-15,20-21H,6,10,12H2,1H3. The second kappa shape index (κ2) is 6.04. The molecule has 2 unspecified atom stereocenters. The summed E-state index contributed by atoms with van der Waals surface area (Å²) in [6, 6.07) is 18.0. The number of nitrogens with zero attached hydrogens (tertiary/aromatic N) is 2. The van der Waals surface area contributed by atoms with E-state index < -0.39 is 0 Å². The highest BCUT2D eigenvalue weighted by Crippen LogP contribution is 2.43. The topological polar surface area (TPSA) is 17.8 Å². The Hall–Kier alpha value is -2.35. The summed E-state index contributed by atoms with van der Waals surface area (Å²) in [5.74, 6) is 0.509. The van der Waals surface area contributed by atoms with Crippen LogP contribution < -0.4 is 0 Å². The van der Waals surface area contributed by atoms with Crippen LogP contribution in [-0.2, 0) is 6.42 Å². The number of aromatic nitrogens is 2. The Bertz CT molecular complexity index is 775. The van der Waals surface area contributed by atoms with Gasteiger partial charge in [-0.25, -0.2) is 4.98 Å². The fraction of sp³-hybridized carbons (Fsp3) is 0.286. The molecule has 3 aromatic rings. The van der Waals surface area contributed by atoms with Crippen LogP contribution in [0.2, 0.25) is 0 Å². The maximum atomic E-state index is 4.30. The first-order valence-corrected chi connectivity index (χ1v) is 8.45. The van der Waals surface area contributed by atoms with E-state index in [-0.39, 0.29) is 0 Å². The molecule has 1 aromatic heterocycles. The van der Waals surface area contributed by atoms with Crippen LogP contribution in [0.4, 0.5) is 0 Å². The van der Waals surface area contributed by atoms with E-state index in [1.165, 1.54) is 36.0 Å². The Morgan fingerprint density at radius 1 is 1.09 bits per heavy atom. The lowest BCUT2D eigenvalue weighted by Gasteiger charge is -2.34. The smallest absolute Gasteiger partial charge is 0.0951 e. The highest BCUT2D eigenvalue weighted by atomic mass is 15.1. The molecule has 0 saturated carbocycles. The van der Waals surface area contributed by atoms with Gasteiger partial charge in [0.2, 0.25) is 0 Å². The van der Waals surface area contributed by atoms with Crippen LogP contribution in [0.3, 0.4) is 0 Å². The van der Waals surface area contributed by atoms with Crippen LogP contribution in [0.25, 0.3) is 0 Å². The van der Waals surface area contributed by atoms with Gasteiger partial charge < -0.3 is 4.57 Å². The summed E-state index contributed by atoms with van der Waals surface area (Å²) in [4.78, 5) is 4.30. The number of imidazole rings is 1. The molecule has 2 atom stereocenters. The third-order valence-corrected chi connectivity index (χ3v) is 5.16. The quantitative estimate of drug-likeness (QED) is 0.673. The van der Waals surface area contributed by atoms with Crippen molar-refractivity contribution in [2.75, 3.05) is 0 Å². The highest BCUT2D eigenvalue weighted by molar-refractivity contribution is 5.41. The van der Waals surface area contributed by atoms with Crippen LogP contribution in [0.5, 0.6) is 0 Å². The number of benzene rings is 2. The zero-order valence-electron chi connectivity index (χ0n) is 13.5. The van der Waals surface area contributed by atoms with E-state index in [0.29, 0.717) is 12.0 Å². The minimum Gasteiger partial charge on any atom is -0.329 e. The average molecular weight is 302 g/mol. The molecule has 0 fully saturated rings. The summed E-state index contributed by atoms with van der Waals surface area (Å²) in [5, 5.41) is 0. The normalized spacial score (nSPS) is 18.4. The zero-order valence-corrected chi connectivity index (χ0v) is 13.5. The number of hydrogen-bond donors (Lipinski definition) is 0. The molecule has 1 heterocycles. The van der Waals surface area contributed by atoms with Crippen molar-refractivity contribution in [3.05, 3.63) is 89.5 Å². The molecule has 23 heavy (non-hydrogen) atoms. The van der Waals surface area contributed by atoms with Gasteiger partial charge in [0.15, 0.2) is 0 Å². The molecular weight excluding hydrogens is 280 g/mol. The molecule has 2 aromatic carbocycles. The Morgan fingerprint density at radius 3 is 2.74 bits per heavy atom. The van der Waals surface area contributed by atoms with Gasteiger partial charge in [0.1, 0.15) is 0 Å². The molecule has 0 N–H and O–H groups in total. The molecule has 1 aliphatic carbocycles. The van der Waals surface area contributed by atoms with Gasteiger partial charge in [-0.3, -0.25) is 0 Å². The van der Waals surface area contributed by atoms with Crippen LogP contribution in [0.15, 0.2) is 67.3 Å². The fourth-order valence-corrected chi connectivity index (χ4v) is 4.09. The first-order chi connectivity index (χ1) is 11.3. The van der Waals surface area contributed by atoms with E-state index in [9.17, 15) is 0 Å². The maximum Gasteiger partial charge on any atom is 0.0951 e. The third kappa shape index (κ3) is 2.59. The molecule has 116 valence electrons. The Balaban J connectivity index is 1.85. The second-order valence-electron chi connectivity index (χ2n) is 6.51. The summed E-state index contributed by atoms with van der Waals surface area (Å²) in [7, 11) is 0. The first-order valence-electron chi connectivity index (χ1n) is 8.45. The van der Waals surface area contributed by atoms with Crippen molar-refractivity contribution in [3.8, 4) is 0 Å². The Labute approximate surface area is 137 Å². The van der Waals surface area contributed by atoms with Crippen molar-refractivity contribution in [1.82, 2.24) is 9.55 Å². The predicted octanol–water partition coefficient (Wildman–Crippen LogP) is 4.90.